The van der Waals surface area contributed by atoms with Crippen LogP contribution in [0.25, 0.3) is 0 Å². The normalized spacial score (nSPS) is 12.2. The van der Waals surface area contributed by atoms with Crippen molar-refractivity contribution < 1.29 is 9.90 Å². The average Bonchev–Trinajstić information content (AvgIpc) is 2.23. The van der Waals surface area contributed by atoms with Gasteiger partial charge in [0, 0.05) is 0 Å². The molecular weight excluding hydrogens is 204 g/mol. The molecule has 0 spiro atoms. The Morgan fingerprint density at radius 2 is 2.25 bits per heavy atom. The van der Waals surface area contributed by atoms with Crippen LogP contribution in [0, 0.1) is 6.92 Å². The van der Waals surface area contributed by atoms with Gasteiger partial charge in [0.2, 0.25) is 5.91 Å². The van der Waals surface area contributed by atoms with E-state index in [1.807, 2.05) is 13.8 Å². The van der Waals surface area contributed by atoms with Gasteiger partial charge in [0.05, 0.1) is 11.7 Å². The standard InChI is InChI=1S/C12H18N2O2/c1-3-4-9(13)12(16)14-10-7-8(2)5-6-11(10)15/h5-7,9,15H,3-4,13H2,1-2H3,(H,14,16)/t9-/m0/s1. The second-order valence-electron chi connectivity index (χ2n) is 3.91. The van der Waals surface area contributed by atoms with E-state index in [0.717, 1.165) is 12.0 Å². The van der Waals surface area contributed by atoms with Crippen LogP contribution in [0.4, 0.5) is 5.69 Å². The number of rotatable bonds is 4. The lowest BCUT2D eigenvalue weighted by Crippen LogP contribution is -2.35. The molecule has 4 nitrogen and oxygen atoms in total. The zero-order valence-corrected chi connectivity index (χ0v) is 9.66. The second-order valence-corrected chi connectivity index (χ2v) is 3.91. The Kier molecular flexibility index (Phi) is 4.31. The number of phenols is 1. The van der Waals surface area contributed by atoms with E-state index < -0.39 is 6.04 Å². The summed E-state index contributed by atoms with van der Waals surface area (Å²) in [4.78, 5) is 11.6. The molecule has 0 heterocycles. The van der Waals surface area contributed by atoms with Crippen LogP contribution in [-0.4, -0.2) is 17.1 Å². The SMILES string of the molecule is CCC[C@H](N)C(=O)Nc1cc(C)ccc1O. The van der Waals surface area contributed by atoms with Crippen molar-refractivity contribution in [3.8, 4) is 5.75 Å². The quantitative estimate of drug-likeness (QED) is 0.679. The van der Waals surface area contributed by atoms with Crippen molar-refractivity contribution in [1.29, 1.82) is 0 Å². The molecule has 1 atom stereocenters. The molecule has 0 radical (unpaired) electrons. The van der Waals surface area contributed by atoms with Crippen molar-refractivity contribution in [2.45, 2.75) is 32.7 Å². The summed E-state index contributed by atoms with van der Waals surface area (Å²) >= 11 is 0. The fourth-order valence-corrected chi connectivity index (χ4v) is 1.42. The molecule has 0 saturated carbocycles. The number of aryl methyl sites for hydroxylation is 1. The van der Waals surface area contributed by atoms with Crippen LogP contribution in [0.5, 0.6) is 5.75 Å². The summed E-state index contributed by atoms with van der Waals surface area (Å²) in [5, 5.41) is 12.2. The molecule has 0 fully saturated rings. The highest BCUT2D eigenvalue weighted by atomic mass is 16.3. The lowest BCUT2D eigenvalue weighted by molar-refractivity contribution is -0.117. The number of nitrogens with two attached hydrogens (primary N) is 1. The molecule has 0 bridgehead atoms. The third-order valence-electron chi connectivity index (χ3n) is 2.35. The Morgan fingerprint density at radius 1 is 1.56 bits per heavy atom. The van der Waals surface area contributed by atoms with E-state index in [2.05, 4.69) is 5.32 Å². The maximum atomic E-state index is 11.6. The molecule has 0 saturated heterocycles. The second kappa shape index (κ2) is 5.51. The van der Waals surface area contributed by atoms with Gasteiger partial charge in [-0.3, -0.25) is 4.79 Å². The van der Waals surface area contributed by atoms with Crippen molar-refractivity contribution >= 4 is 11.6 Å². The molecule has 1 rings (SSSR count). The zero-order valence-electron chi connectivity index (χ0n) is 9.66. The summed E-state index contributed by atoms with van der Waals surface area (Å²) in [5.41, 5.74) is 7.05. The van der Waals surface area contributed by atoms with E-state index in [1.165, 1.54) is 0 Å². The minimum atomic E-state index is -0.523. The van der Waals surface area contributed by atoms with Gasteiger partial charge in [-0.25, -0.2) is 0 Å². The smallest absolute Gasteiger partial charge is 0.241 e. The molecule has 4 heteroatoms. The number of phenolic OH excluding ortho intramolecular Hbond substituents is 1. The van der Waals surface area contributed by atoms with E-state index in [1.54, 1.807) is 18.2 Å². The van der Waals surface area contributed by atoms with Gasteiger partial charge < -0.3 is 16.2 Å². The number of nitrogens with one attached hydrogen (secondary N) is 1. The van der Waals surface area contributed by atoms with Gasteiger partial charge in [-0.05, 0) is 31.0 Å². The molecule has 88 valence electrons. The van der Waals surface area contributed by atoms with Crippen molar-refractivity contribution in [2.75, 3.05) is 5.32 Å². The predicted octanol–water partition coefficient (Wildman–Crippen LogP) is 1.77. The summed E-state index contributed by atoms with van der Waals surface area (Å²) in [5.74, 6) is -0.203. The summed E-state index contributed by atoms with van der Waals surface area (Å²) in [7, 11) is 0. The van der Waals surface area contributed by atoms with Crippen LogP contribution in [0.2, 0.25) is 0 Å². The van der Waals surface area contributed by atoms with Crippen molar-refractivity contribution in [1.82, 2.24) is 0 Å². The summed E-state index contributed by atoms with van der Waals surface area (Å²) in [6.45, 7) is 3.86. The molecule has 1 aromatic carbocycles. The predicted molar refractivity (Wildman–Crippen MR) is 64.4 cm³/mol. The highest BCUT2D eigenvalue weighted by Crippen LogP contribution is 2.23. The van der Waals surface area contributed by atoms with E-state index in [4.69, 9.17) is 5.73 Å². The van der Waals surface area contributed by atoms with Crippen LogP contribution in [-0.2, 0) is 4.79 Å². The molecule has 0 aliphatic heterocycles. The Bertz CT molecular complexity index is 377. The molecule has 1 amide bonds. The first-order chi connectivity index (χ1) is 7.54. The van der Waals surface area contributed by atoms with Crippen molar-refractivity contribution in [3.63, 3.8) is 0 Å². The fraction of sp³-hybridized carbons (Fsp3) is 0.417. The Labute approximate surface area is 95.5 Å². The fourth-order valence-electron chi connectivity index (χ4n) is 1.42. The van der Waals surface area contributed by atoms with Gasteiger partial charge in [-0.15, -0.1) is 0 Å². The average molecular weight is 222 g/mol. The molecule has 16 heavy (non-hydrogen) atoms. The molecule has 0 aromatic heterocycles. The lowest BCUT2D eigenvalue weighted by atomic mass is 10.1. The van der Waals surface area contributed by atoms with E-state index >= 15 is 0 Å². The van der Waals surface area contributed by atoms with E-state index in [9.17, 15) is 9.90 Å². The van der Waals surface area contributed by atoms with Gasteiger partial charge >= 0.3 is 0 Å². The summed E-state index contributed by atoms with van der Waals surface area (Å²) in [6.07, 6.45) is 1.49. The zero-order chi connectivity index (χ0) is 12.1. The number of anilines is 1. The number of carbonyl (C=O) groups is 1. The van der Waals surface area contributed by atoms with Crippen LogP contribution in [0.3, 0.4) is 0 Å². The number of benzene rings is 1. The minimum absolute atomic E-state index is 0.0580. The minimum Gasteiger partial charge on any atom is -0.506 e. The van der Waals surface area contributed by atoms with Gasteiger partial charge in [-0.2, -0.15) is 0 Å². The molecule has 0 unspecified atom stereocenters. The number of carbonyl (C=O) groups excluding carboxylic acids is 1. The number of amides is 1. The van der Waals surface area contributed by atoms with Gasteiger partial charge in [-0.1, -0.05) is 19.4 Å². The Hall–Kier alpha value is -1.55. The van der Waals surface area contributed by atoms with Gasteiger partial charge in [0.1, 0.15) is 5.75 Å². The van der Waals surface area contributed by atoms with Crippen molar-refractivity contribution in [3.05, 3.63) is 23.8 Å². The first kappa shape index (κ1) is 12.5. The third kappa shape index (κ3) is 3.24. The molecule has 0 aliphatic carbocycles. The highest BCUT2D eigenvalue weighted by molar-refractivity contribution is 5.95. The monoisotopic (exact) mass is 222 g/mol. The topological polar surface area (TPSA) is 75.4 Å². The van der Waals surface area contributed by atoms with Crippen LogP contribution >= 0.6 is 0 Å². The van der Waals surface area contributed by atoms with Gasteiger partial charge in [0.25, 0.3) is 0 Å². The Balaban J connectivity index is 2.72. The summed E-state index contributed by atoms with van der Waals surface area (Å²) < 4.78 is 0. The maximum Gasteiger partial charge on any atom is 0.241 e. The maximum absolute atomic E-state index is 11.6. The number of hydrogen-bond acceptors (Lipinski definition) is 3. The Morgan fingerprint density at radius 3 is 2.88 bits per heavy atom. The van der Waals surface area contributed by atoms with Crippen LogP contribution in [0.1, 0.15) is 25.3 Å². The number of aromatic hydroxyl groups is 1. The van der Waals surface area contributed by atoms with Gasteiger partial charge in [0.15, 0.2) is 0 Å². The lowest BCUT2D eigenvalue weighted by Gasteiger charge is -2.12. The molecular formula is C12H18N2O2. The van der Waals surface area contributed by atoms with Crippen LogP contribution < -0.4 is 11.1 Å². The summed E-state index contributed by atoms with van der Waals surface area (Å²) in [6, 6.07) is 4.52. The first-order valence-electron chi connectivity index (χ1n) is 5.40. The van der Waals surface area contributed by atoms with Crippen molar-refractivity contribution in [2.24, 2.45) is 5.73 Å². The van der Waals surface area contributed by atoms with E-state index in [-0.39, 0.29) is 11.7 Å². The molecule has 1 aromatic rings. The molecule has 4 N–H and O–H groups in total. The van der Waals surface area contributed by atoms with E-state index in [0.29, 0.717) is 12.1 Å². The first-order valence-corrected chi connectivity index (χ1v) is 5.40. The largest absolute Gasteiger partial charge is 0.506 e. The molecule has 0 aliphatic rings. The van der Waals surface area contributed by atoms with Crippen LogP contribution in [0.15, 0.2) is 18.2 Å². The number of hydrogen-bond donors (Lipinski definition) is 3. The highest BCUT2D eigenvalue weighted by Gasteiger charge is 2.13. The third-order valence-corrected chi connectivity index (χ3v) is 2.35.